The average molecular weight is 430 g/mol. The maximum absolute atomic E-state index is 10.6. The number of benzene rings is 1. The Bertz CT molecular complexity index is 686. The van der Waals surface area contributed by atoms with Gasteiger partial charge < -0.3 is 54.3 Å². The van der Waals surface area contributed by atoms with E-state index in [2.05, 4.69) is 0 Å². The number of hydrogen-bond acceptors (Lipinski definition) is 11. The highest BCUT2D eigenvalue weighted by molar-refractivity contribution is 5.16. The Kier molecular flexibility index (Phi) is 6.67. The summed E-state index contributed by atoms with van der Waals surface area (Å²) in [4.78, 5) is 0. The zero-order valence-electron chi connectivity index (χ0n) is 15.9. The zero-order valence-corrected chi connectivity index (χ0v) is 15.9. The molecule has 11 atom stereocenters. The Morgan fingerprint density at radius 1 is 0.867 bits per heavy atom. The zero-order chi connectivity index (χ0) is 21.4. The third-order valence-electron chi connectivity index (χ3n) is 5.54. The van der Waals surface area contributed by atoms with Gasteiger partial charge in [-0.1, -0.05) is 30.3 Å². The third kappa shape index (κ3) is 4.11. The smallest absolute Gasteiger partial charge is 0.187 e. The van der Waals surface area contributed by atoms with Crippen molar-refractivity contribution >= 4 is 0 Å². The number of aliphatic hydroxyl groups excluding tert-OH is 6. The second-order valence-corrected chi connectivity index (χ2v) is 7.53. The minimum absolute atomic E-state index is 0.0440. The SMILES string of the molecule is OCC1O[C@@H](O)C(O)C(O)[C@@H]1O[C@@H]1OC2COC(c3ccccc3)O[C@@H]2C(O)C1O. The van der Waals surface area contributed by atoms with Gasteiger partial charge in [-0.15, -0.1) is 0 Å². The molecule has 3 aliphatic rings. The lowest BCUT2D eigenvalue weighted by Crippen LogP contribution is -2.65. The highest BCUT2D eigenvalue weighted by atomic mass is 16.8. The first-order valence-corrected chi connectivity index (χ1v) is 9.70. The lowest BCUT2D eigenvalue weighted by Gasteiger charge is -2.48. The largest absolute Gasteiger partial charge is 0.394 e. The summed E-state index contributed by atoms with van der Waals surface area (Å²) in [5.74, 6) is 0. The molecule has 0 bridgehead atoms. The molecule has 11 nitrogen and oxygen atoms in total. The van der Waals surface area contributed by atoms with E-state index >= 15 is 0 Å². The number of hydrogen-bond donors (Lipinski definition) is 6. The van der Waals surface area contributed by atoms with Gasteiger partial charge in [0.05, 0.1) is 13.2 Å². The van der Waals surface area contributed by atoms with Crippen molar-refractivity contribution in [2.45, 2.75) is 67.7 Å². The molecule has 0 aromatic heterocycles. The van der Waals surface area contributed by atoms with E-state index in [1.54, 1.807) is 0 Å². The minimum Gasteiger partial charge on any atom is -0.394 e. The van der Waals surface area contributed by atoms with Crippen LogP contribution in [-0.4, -0.2) is 105 Å². The minimum atomic E-state index is -1.71. The molecular formula is C19H26O11. The molecule has 0 spiro atoms. The molecule has 3 aliphatic heterocycles. The summed E-state index contributed by atoms with van der Waals surface area (Å²) in [5, 5.41) is 60.2. The van der Waals surface area contributed by atoms with Crippen molar-refractivity contribution in [2.75, 3.05) is 13.2 Å². The summed E-state index contributed by atoms with van der Waals surface area (Å²) in [7, 11) is 0. The fourth-order valence-corrected chi connectivity index (χ4v) is 3.86. The molecule has 0 aliphatic carbocycles. The van der Waals surface area contributed by atoms with Crippen LogP contribution in [0.15, 0.2) is 30.3 Å². The number of aliphatic hydroxyl groups is 6. The maximum Gasteiger partial charge on any atom is 0.187 e. The standard InChI is InChI=1S/C19H26O11/c20-6-9-15(11(21)13(23)17(25)27-9)30-19-14(24)12(22)16-10(28-19)7-26-18(29-16)8-4-2-1-3-5-8/h1-5,9-25H,6-7H2/t9?,10?,11?,12?,13?,14?,15-,16+,17-,18?,19+/m1/s1. The first-order valence-electron chi connectivity index (χ1n) is 9.70. The monoisotopic (exact) mass is 430 g/mol. The van der Waals surface area contributed by atoms with E-state index in [0.717, 1.165) is 5.56 Å². The number of fused-ring (bicyclic) bond motifs is 1. The fraction of sp³-hybridized carbons (Fsp3) is 0.684. The van der Waals surface area contributed by atoms with Crippen LogP contribution >= 0.6 is 0 Å². The quantitative estimate of drug-likeness (QED) is 0.295. The van der Waals surface area contributed by atoms with Crippen LogP contribution in [0.2, 0.25) is 0 Å². The number of ether oxygens (including phenoxy) is 5. The van der Waals surface area contributed by atoms with E-state index < -0.39 is 74.3 Å². The second kappa shape index (κ2) is 9.10. The van der Waals surface area contributed by atoms with Crippen LogP contribution in [0.5, 0.6) is 0 Å². The van der Waals surface area contributed by atoms with Crippen LogP contribution in [-0.2, 0) is 23.7 Å². The van der Waals surface area contributed by atoms with Gasteiger partial charge in [0.15, 0.2) is 18.9 Å². The Morgan fingerprint density at radius 3 is 2.30 bits per heavy atom. The molecule has 4 rings (SSSR count). The maximum atomic E-state index is 10.6. The Balaban J connectivity index is 1.44. The van der Waals surface area contributed by atoms with Crippen LogP contribution in [0.4, 0.5) is 0 Å². The molecule has 0 radical (unpaired) electrons. The molecular weight excluding hydrogens is 404 g/mol. The molecule has 6 N–H and O–H groups in total. The Morgan fingerprint density at radius 2 is 1.60 bits per heavy atom. The molecule has 7 unspecified atom stereocenters. The normalized spacial score (nSPS) is 46.9. The van der Waals surface area contributed by atoms with Crippen molar-refractivity contribution in [3.63, 3.8) is 0 Å². The molecule has 1 aromatic rings. The van der Waals surface area contributed by atoms with Gasteiger partial charge in [0.2, 0.25) is 0 Å². The first-order chi connectivity index (χ1) is 14.4. The first kappa shape index (κ1) is 22.0. The summed E-state index contributed by atoms with van der Waals surface area (Å²) in [6.45, 7) is -0.587. The van der Waals surface area contributed by atoms with Crippen LogP contribution in [0.3, 0.4) is 0 Å². The molecule has 11 heteroatoms. The van der Waals surface area contributed by atoms with Gasteiger partial charge in [0, 0.05) is 5.56 Å². The Labute approximate surface area is 171 Å². The van der Waals surface area contributed by atoms with Crippen molar-refractivity contribution in [1.29, 1.82) is 0 Å². The molecule has 0 saturated carbocycles. The lowest BCUT2D eigenvalue weighted by molar-refractivity contribution is -0.384. The second-order valence-electron chi connectivity index (χ2n) is 7.53. The van der Waals surface area contributed by atoms with E-state index in [1.165, 1.54) is 0 Å². The van der Waals surface area contributed by atoms with Crippen molar-refractivity contribution in [2.24, 2.45) is 0 Å². The topological polar surface area (TPSA) is 168 Å². The van der Waals surface area contributed by atoms with Crippen LogP contribution in [0.1, 0.15) is 11.9 Å². The van der Waals surface area contributed by atoms with E-state index in [9.17, 15) is 30.6 Å². The predicted molar refractivity (Wildman–Crippen MR) is 95.5 cm³/mol. The lowest BCUT2D eigenvalue weighted by atomic mass is 9.96. The van der Waals surface area contributed by atoms with Crippen molar-refractivity contribution in [3.8, 4) is 0 Å². The molecule has 3 fully saturated rings. The van der Waals surface area contributed by atoms with E-state index in [4.69, 9.17) is 23.7 Å². The summed E-state index contributed by atoms with van der Waals surface area (Å²) in [6, 6.07) is 9.10. The molecule has 30 heavy (non-hydrogen) atoms. The molecule has 3 saturated heterocycles. The molecule has 0 amide bonds. The van der Waals surface area contributed by atoms with Crippen LogP contribution in [0, 0.1) is 0 Å². The third-order valence-corrected chi connectivity index (χ3v) is 5.54. The van der Waals surface area contributed by atoms with E-state index in [-0.39, 0.29) is 6.61 Å². The van der Waals surface area contributed by atoms with Crippen LogP contribution < -0.4 is 0 Å². The summed E-state index contributed by atoms with van der Waals surface area (Å²) < 4.78 is 27.7. The molecule has 1 aromatic carbocycles. The van der Waals surface area contributed by atoms with Gasteiger partial charge in [0.25, 0.3) is 0 Å². The van der Waals surface area contributed by atoms with Crippen LogP contribution in [0.25, 0.3) is 0 Å². The van der Waals surface area contributed by atoms with Crippen molar-refractivity contribution in [1.82, 2.24) is 0 Å². The van der Waals surface area contributed by atoms with E-state index in [1.807, 2.05) is 30.3 Å². The van der Waals surface area contributed by atoms with Gasteiger partial charge in [-0.3, -0.25) is 0 Å². The summed E-state index contributed by atoms with van der Waals surface area (Å²) >= 11 is 0. The summed E-state index contributed by atoms with van der Waals surface area (Å²) in [6.07, 6.45) is -14.3. The average Bonchev–Trinajstić information content (AvgIpc) is 2.77. The van der Waals surface area contributed by atoms with Gasteiger partial charge >= 0.3 is 0 Å². The Hall–Kier alpha value is -1.22. The van der Waals surface area contributed by atoms with Gasteiger partial charge in [-0.2, -0.15) is 0 Å². The predicted octanol–water partition coefficient (Wildman–Crippen LogP) is -2.64. The van der Waals surface area contributed by atoms with Gasteiger partial charge in [0.1, 0.15) is 48.8 Å². The summed E-state index contributed by atoms with van der Waals surface area (Å²) in [5.41, 5.74) is 0.747. The van der Waals surface area contributed by atoms with Crippen molar-refractivity contribution < 1.29 is 54.3 Å². The molecule has 168 valence electrons. The highest BCUT2D eigenvalue weighted by Gasteiger charge is 2.52. The van der Waals surface area contributed by atoms with E-state index in [0.29, 0.717) is 0 Å². The van der Waals surface area contributed by atoms with Gasteiger partial charge in [-0.25, -0.2) is 0 Å². The van der Waals surface area contributed by atoms with Gasteiger partial charge in [-0.05, 0) is 0 Å². The molecule has 3 heterocycles. The fourth-order valence-electron chi connectivity index (χ4n) is 3.86. The van der Waals surface area contributed by atoms with Crippen molar-refractivity contribution in [3.05, 3.63) is 35.9 Å². The highest BCUT2D eigenvalue weighted by Crippen LogP contribution is 2.35. The number of rotatable bonds is 4.